The molecule has 0 unspecified atom stereocenters. The van der Waals surface area contributed by atoms with Gasteiger partial charge in [-0.05, 0) is 30.3 Å². The standard InChI is InChI=1S/C20H24F3N3O3Si/c1-28-16-11-13(20(21,22)23)5-6-14(16)17-18-15(19(27)25-24-17)7-8-26(18)12-29-9-10-30(2,3)4/h5-8,11H,9-10,12H2,1-4H3,(H,25,27). The quantitative estimate of drug-likeness (QED) is 0.427. The maximum atomic E-state index is 13.1. The SMILES string of the molecule is COc1cc(C(F)(F)F)ccc1-c1n[nH]c(=O)c2ccn(COCC[Si](C)(C)C)c12. The number of alkyl halides is 3. The molecule has 1 N–H and O–H groups in total. The van der Waals surface area contributed by atoms with Gasteiger partial charge in [0.2, 0.25) is 0 Å². The summed E-state index contributed by atoms with van der Waals surface area (Å²) in [6.45, 7) is 7.54. The lowest BCUT2D eigenvalue weighted by Gasteiger charge is -2.16. The molecular formula is C20H24F3N3O3Si. The van der Waals surface area contributed by atoms with Crippen molar-refractivity contribution in [3.63, 3.8) is 0 Å². The molecule has 0 atom stereocenters. The van der Waals surface area contributed by atoms with E-state index in [2.05, 4.69) is 29.8 Å². The zero-order chi connectivity index (χ0) is 22.1. The van der Waals surface area contributed by atoms with Crippen LogP contribution >= 0.6 is 0 Å². The molecule has 0 amide bonds. The number of rotatable bonds is 7. The Kier molecular flexibility index (Phi) is 6.09. The Balaban J connectivity index is 2.03. The molecule has 3 aromatic rings. The van der Waals surface area contributed by atoms with E-state index < -0.39 is 19.8 Å². The van der Waals surface area contributed by atoms with E-state index in [1.165, 1.54) is 13.2 Å². The van der Waals surface area contributed by atoms with Crippen molar-refractivity contribution in [2.75, 3.05) is 13.7 Å². The third kappa shape index (κ3) is 4.76. The molecule has 0 fully saturated rings. The zero-order valence-corrected chi connectivity index (χ0v) is 18.3. The lowest BCUT2D eigenvalue weighted by Crippen LogP contribution is -2.22. The number of benzene rings is 1. The van der Waals surface area contributed by atoms with Crippen molar-refractivity contribution in [2.24, 2.45) is 0 Å². The molecule has 0 bridgehead atoms. The third-order valence-corrected chi connectivity index (χ3v) is 6.42. The van der Waals surface area contributed by atoms with Crippen LogP contribution in [0.2, 0.25) is 25.7 Å². The van der Waals surface area contributed by atoms with Crippen molar-refractivity contribution in [2.45, 2.75) is 38.6 Å². The van der Waals surface area contributed by atoms with Crippen molar-refractivity contribution in [3.05, 3.63) is 46.4 Å². The molecule has 0 saturated heterocycles. The number of ether oxygens (including phenoxy) is 2. The van der Waals surface area contributed by atoms with Crippen molar-refractivity contribution in [3.8, 4) is 17.0 Å². The highest BCUT2D eigenvalue weighted by atomic mass is 28.3. The Hall–Kier alpha value is -2.59. The Morgan fingerprint density at radius 1 is 1.20 bits per heavy atom. The van der Waals surface area contributed by atoms with Crippen LogP contribution in [0.5, 0.6) is 5.75 Å². The van der Waals surface area contributed by atoms with Gasteiger partial charge in [0.15, 0.2) is 0 Å². The van der Waals surface area contributed by atoms with Crippen LogP contribution in [0, 0.1) is 0 Å². The van der Waals surface area contributed by atoms with Crippen molar-refractivity contribution in [1.82, 2.24) is 14.8 Å². The number of nitrogens with one attached hydrogen (secondary N) is 1. The van der Waals surface area contributed by atoms with Gasteiger partial charge in [-0.25, -0.2) is 5.10 Å². The molecular weight excluding hydrogens is 415 g/mol. The van der Waals surface area contributed by atoms with E-state index in [4.69, 9.17) is 9.47 Å². The maximum Gasteiger partial charge on any atom is 0.416 e. The van der Waals surface area contributed by atoms with Crippen LogP contribution in [-0.2, 0) is 17.6 Å². The predicted molar refractivity (Wildman–Crippen MR) is 111 cm³/mol. The van der Waals surface area contributed by atoms with Crippen LogP contribution in [0.4, 0.5) is 13.2 Å². The van der Waals surface area contributed by atoms with Gasteiger partial charge < -0.3 is 14.0 Å². The summed E-state index contributed by atoms with van der Waals surface area (Å²) in [5.74, 6) is 0.0121. The topological polar surface area (TPSA) is 69.1 Å². The first-order chi connectivity index (χ1) is 14.0. The first kappa shape index (κ1) is 22.1. The minimum absolute atomic E-state index is 0.0121. The molecule has 162 valence electrons. The van der Waals surface area contributed by atoms with E-state index in [9.17, 15) is 18.0 Å². The Labute approximate surface area is 172 Å². The fourth-order valence-electron chi connectivity index (χ4n) is 3.04. The number of hydrogen-bond donors (Lipinski definition) is 1. The van der Waals surface area contributed by atoms with E-state index in [0.717, 1.165) is 18.2 Å². The van der Waals surface area contributed by atoms with Gasteiger partial charge in [0, 0.05) is 26.4 Å². The van der Waals surface area contributed by atoms with E-state index in [0.29, 0.717) is 28.8 Å². The van der Waals surface area contributed by atoms with Crippen LogP contribution < -0.4 is 10.3 Å². The van der Waals surface area contributed by atoms with Gasteiger partial charge in [0.25, 0.3) is 5.56 Å². The predicted octanol–water partition coefficient (Wildman–Crippen LogP) is 4.73. The van der Waals surface area contributed by atoms with Crippen molar-refractivity contribution >= 4 is 19.0 Å². The van der Waals surface area contributed by atoms with Gasteiger partial charge in [-0.1, -0.05) is 19.6 Å². The summed E-state index contributed by atoms with van der Waals surface area (Å²) in [4.78, 5) is 12.2. The lowest BCUT2D eigenvalue weighted by atomic mass is 10.1. The summed E-state index contributed by atoms with van der Waals surface area (Å²) in [5, 5.41) is 6.89. The molecule has 3 rings (SSSR count). The molecule has 0 aliphatic heterocycles. The first-order valence-corrected chi connectivity index (χ1v) is 13.1. The second-order valence-corrected chi connectivity index (χ2v) is 13.8. The van der Waals surface area contributed by atoms with Gasteiger partial charge in [0.05, 0.1) is 23.6 Å². The minimum Gasteiger partial charge on any atom is -0.496 e. The Morgan fingerprint density at radius 3 is 2.57 bits per heavy atom. The molecule has 1 aromatic carbocycles. The van der Waals surface area contributed by atoms with Crippen molar-refractivity contribution in [1.29, 1.82) is 0 Å². The summed E-state index contributed by atoms with van der Waals surface area (Å²) >= 11 is 0. The molecule has 2 aromatic heterocycles. The number of aromatic nitrogens is 3. The first-order valence-electron chi connectivity index (χ1n) is 9.42. The van der Waals surface area contributed by atoms with Crippen LogP contribution in [0.1, 0.15) is 5.56 Å². The summed E-state index contributed by atoms with van der Waals surface area (Å²) in [5.41, 5.74) is -0.0816. The average Bonchev–Trinajstić information content (AvgIpc) is 3.09. The lowest BCUT2D eigenvalue weighted by molar-refractivity contribution is -0.137. The highest BCUT2D eigenvalue weighted by Crippen LogP contribution is 2.38. The number of fused-ring (bicyclic) bond motifs is 1. The van der Waals surface area contributed by atoms with Crippen LogP contribution in [0.15, 0.2) is 35.3 Å². The second kappa shape index (κ2) is 8.27. The molecule has 0 aliphatic rings. The molecule has 2 heterocycles. The van der Waals surface area contributed by atoms with Crippen LogP contribution in [0.3, 0.4) is 0 Å². The third-order valence-electron chi connectivity index (χ3n) is 4.71. The fourth-order valence-corrected chi connectivity index (χ4v) is 3.80. The fraction of sp³-hybridized carbons (Fsp3) is 0.400. The maximum absolute atomic E-state index is 13.1. The number of H-pyrrole nitrogens is 1. The molecule has 6 nitrogen and oxygen atoms in total. The molecule has 30 heavy (non-hydrogen) atoms. The normalized spacial score (nSPS) is 12.5. The Morgan fingerprint density at radius 2 is 1.93 bits per heavy atom. The summed E-state index contributed by atoms with van der Waals surface area (Å²) in [6, 6.07) is 5.81. The van der Waals surface area contributed by atoms with E-state index in [1.807, 2.05) is 0 Å². The monoisotopic (exact) mass is 439 g/mol. The van der Waals surface area contributed by atoms with E-state index in [1.54, 1.807) is 16.8 Å². The average molecular weight is 440 g/mol. The zero-order valence-electron chi connectivity index (χ0n) is 17.3. The van der Waals surface area contributed by atoms with E-state index >= 15 is 0 Å². The van der Waals surface area contributed by atoms with Crippen molar-refractivity contribution < 1.29 is 22.6 Å². The van der Waals surface area contributed by atoms with Gasteiger partial charge in [-0.15, -0.1) is 0 Å². The number of aromatic amines is 1. The van der Waals surface area contributed by atoms with Crippen LogP contribution in [-0.4, -0.2) is 36.6 Å². The van der Waals surface area contributed by atoms with Gasteiger partial charge in [-0.2, -0.15) is 18.3 Å². The number of halogens is 3. The minimum atomic E-state index is -4.50. The van der Waals surface area contributed by atoms with Crippen LogP contribution in [0.25, 0.3) is 22.2 Å². The molecule has 10 heteroatoms. The number of hydrogen-bond acceptors (Lipinski definition) is 4. The number of nitrogens with zero attached hydrogens (tertiary/aromatic N) is 2. The Bertz CT molecular complexity index is 1100. The molecule has 0 saturated carbocycles. The summed E-state index contributed by atoms with van der Waals surface area (Å²) in [7, 11) is 0.0433. The molecule has 0 aliphatic carbocycles. The smallest absolute Gasteiger partial charge is 0.416 e. The molecule has 0 spiro atoms. The second-order valence-electron chi connectivity index (χ2n) is 8.21. The van der Waals surface area contributed by atoms with Gasteiger partial charge >= 0.3 is 6.18 Å². The highest BCUT2D eigenvalue weighted by Gasteiger charge is 2.31. The largest absolute Gasteiger partial charge is 0.496 e. The summed E-state index contributed by atoms with van der Waals surface area (Å²) in [6.07, 6.45) is -2.79. The highest BCUT2D eigenvalue weighted by molar-refractivity contribution is 6.76. The van der Waals surface area contributed by atoms with Gasteiger partial charge in [0.1, 0.15) is 18.2 Å². The number of methoxy groups -OCH3 is 1. The molecule has 0 radical (unpaired) electrons. The van der Waals surface area contributed by atoms with Gasteiger partial charge in [-0.3, -0.25) is 4.79 Å². The van der Waals surface area contributed by atoms with E-state index in [-0.39, 0.29) is 18.0 Å². The summed E-state index contributed by atoms with van der Waals surface area (Å²) < 4.78 is 52.0.